The van der Waals surface area contributed by atoms with E-state index in [9.17, 15) is 4.79 Å². The van der Waals surface area contributed by atoms with Crippen LogP contribution >= 0.6 is 0 Å². The van der Waals surface area contributed by atoms with Crippen molar-refractivity contribution in [2.75, 3.05) is 0 Å². The van der Waals surface area contributed by atoms with E-state index in [2.05, 4.69) is 43.1 Å². The summed E-state index contributed by atoms with van der Waals surface area (Å²) in [7, 11) is 0. The summed E-state index contributed by atoms with van der Waals surface area (Å²) in [5, 5.41) is 7.39. The van der Waals surface area contributed by atoms with Crippen LogP contribution in [0.2, 0.25) is 0 Å². The fourth-order valence-corrected chi connectivity index (χ4v) is 3.89. The summed E-state index contributed by atoms with van der Waals surface area (Å²) in [6, 6.07) is 21.9. The maximum absolute atomic E-state index is 12.6. The van der Waals surface area contributed by atoms with Crippen molar-refractivity contribution in [3.05, 3.63) is 107 Å². The fourth-order valence-electron chi connectivity index (χ4n) is 3.89. The lowest BCUT2D eigenvalue weighted by Crippen LogP contribution is -2.23. The minimum Gasteiger partial charge on any atom is -0.348 e. The first kappa shape index (κ1) is 20.6. The summed E-state index contributed by atoms with van der Waals surface area (Å²) in [6.45, 7) is 5.12. The SMILES string of the molecule is Cc1cc(C)n(-c2ccc(C(=O)NCc3ccc(Cn4cnc5ccccc54)cc3)cn2)n1. The van der Waals surface area contributed by atoms with Crippen molar-refractivity contribution >= 4 is 16.9 Å². The highest BCUT2D eigenvalue weighted by Crippen LogP contribution is 2.15. The number of hydrogen-bond acceptors (Lipinski definition) is 4. The van der Waals surface area contributed by atoms with E-state index in [-0.39, 0.29) is 5.91 Å². The molecule has 5 rings (SSSR count). The molecular weight excluding hydrogens is 412 g/mol. The molecule has 2 aromatic carbocycles. The van der Waals surface area contributed by atoms with E-state index in [1.165, 1.54) is 5.56 Å². The number of pyridine rings is 1. The molecule has 0 atom stereocenters. The van der Waals surface area contributed by atoms with Crippen LogP contribution in [0.5, 0.6) is 0 Å². The smallest absolute Gasteiger partial charge is 0.253 e. The molecule has 3 aromatic heterocycles. The van der Waals surface area contributed by atoms with Crippen molar-refractivity contribution in [1.29, 1.82) is 0 Å². The quantitative estimate of drug-likeness (QED) is 0.433. The van der Waals surface area contributed by atoms with Gasteiger partial charge in [-0.25, -0.2) is 14.6 Å². The Bertz CT molecular complexity index is 1410. The molecule has 7 heteroatoms. The highest BCUT2D eigenvalue weighted by Gasteiger charge is 2.09. The second-order valence-electron chi connectivity index (χ2n) is 8.10. The number of aromatic nitrogens is 5. The van der Waals surface area contributed by atoms with Crippen molar-refractivity contribution in [2.24, 2.45) is 0 Å². The molecular formula is C26H24N6O. The average Bonchev–Trinajstić information content (AvgIpc) is 3.40. The molecule has 5 aromatic rings. The summed E-state index contributed by atoms with van der Waals surface area (Å²) in [5.41, 5.74) is 6.78. The highest BCUT2D eigenvalue weighted by molar-refractivity contribution is 5.93. The van der Waals surface area contributed by atoms with Crippen LogP contribution in [-0.4, -0.2) is 30.2 Å². The number of rotatable bonds is 6. The lowest BCUT2D eigenvalue weighted by Gasteiger charge is -2.09. The summed E-state index contributed by atoms with van der Waals surface area (Å²) in [6.07, 6.45) is 3.45. The molecule has 33 heavy (non-hydrogen) atoms. The van der Waals surface area contributed by atoms with Gasteiger partial charge in [0.15, 0.2) is 5.82 Å². The van der Waals surface area contributed by atoms with Crippen LogP contribution in [0.15, 0.2) is 79.3 Å². The molecule has 0 aliphatic heterocycles. The molecule has 1 amide bonds. The van der Waals surface area contributed by atoms with Crippen LogP contribution in [-0.2, 0) is 13.1 Å². The van der Waals surface area contributed by atoms with Gasteiger partial charge in [-0.3, -0.25) is 4.79 Å². The van der Waals surface area contributed by atoms with Gasteiger partial charge < -0.3 is 9.88 Å². The zero-order valence-electron chi connectivity index (χ0n) is 18.6. The summed E-state index contributed by atoms with van der Waals surface area (Å²) in [4.78, 5) is 21.4. The number of aryl methyl sites for hydroxylation is 2. The summed E-state index contributed by atoms with van der Waals surface area (Å²) < 4.78 is 3.90. The van der Waals surface area contributed by atoms with Crippen LogP contribution in [0.4, 0.5) is 0 Å². The van der Waals surface area contributed by atoms with Crippen molar-refractivity contribution in [3.8, 4) is 5.82 Å². The van der Waals surface area contributed by atoms with Gasteiger partial charge in [-0.05, 0) is 55.3 Å². The van der Waals surface area contributed by atoms with Gasteiger partial charge in [-0.1, -0.05) is 36.4 Å². The third kappa shape index (κ3) is 4.39. The van der Waals surface area contributed by atoms with Gasteiger partial charge in [0.1, 0.15) is 0 Å². The van der Waals surface area contributed by atoms with E-state index >= 15 is 0 Å². The fraction of sp³-hybridized carbons (Fsp3) is 0.154. The van der Waals surface area contributed by atoms with E-state index in [1.54, 1.807) is 16.9 Å². The number of nitrogens with zero attached hydrogens (tertiary/aromatic N) is 5. The molecule has 0 aliphatic carbocycles. The van der Waals surface area contributed by atoms with E-state index < -0.39 is 0 Å². The minimum absolute atomic E-state index is 0.156. The Morgan fingerprint density at radius 1 is 0.939 bits per heavy atom. The Hall–Kier alpha value is -4.26. The first-order valence-corrected chi connectivity index (χ1v) is 10.8. The number of carbonyl (C=O) groups excluding carboxylic acids is 1. The van der Waals surface area contributed by atoms with Crippen molar-refractivity contribution in [1.82, 2.24) is 29.6 Å². The van der Waals surface area contributed by atoms with Crippen LogP contribution in [0.3, 0.4) is 0 Å². The summed E-state index contributed by atoms with van der Waals surface area (Å²) in [5.74, 6) is 0.537. The molecule has 3 heterocycles. The molecule has 0 spiro atoms. The zero-order valence-corrected chi connectivity index (χ0v) is 18.6. The van der Waals surface area contributed by atoms with Gasteiger partial charge >= 0.3 is 0 Å². The second kappa shape index (κ2) is 8.70. The number of imidazole rings is 1. The number of fused-ring (bicyclic) bond motifs is 1. The van der Waals surface area contributed by atoms with Crippen LogP contribution in [0.25, 0.3) is 16.9 Å². The number of carbonyl (C=O) groups is 1. The monoisotopic (exact) mass is 436 g/mol. The highest BCUT2D eigenvalue weighted by atomic mass is 16.1. The van der Waals surface area contributed by atoms with Gasteiger partial charge in [0.2, 0.25) is 0 Å². The number of benzene rings is 2. The molecule has 0 radical (unpaired) electrons. The third-order valence-corrected chi connectivity index (χ3v) is 5.59. The molecule has 0 unspecified atom stereocenters. The predicted molar refractivity (Wildman–Crippen MR) is 127 cm³/mol. The average molecular weight is 437 g/mol. The van der Waals surface area contributed by atoms with Gasteiger partial charge in [-0.2, -0.15) is 5.10 Å². The molecule has 0 aliphatic rings. The maximum Gasteiger partial charge on any atom is 0.253 e. The lowest BCUT2D eigenvalue weighted by atomic mass is 10.1. The second-order valence-corrected chi connectivity index (χ2v) is 8.10. The van der Waals surface area contributed by atoms with Crippen molar-refractivity contribution in [3.63, 3.8) is 0 Å². The van der Waals surface area contributed by atoms with E-state index in [0.29, 0.717) is 17.9 Å². The van der Waals surface area contributed by atoms with Crippen molar-refractivity contribution in [2.45, 2.75) is 26.9 Å². The van der Waals surface area contributed by atoms with E-state index in [0.717, 1.165) is 34.5 Å². The first-order valence-electron chi connectivity index (χ1n) is 10.8. The van der Waals surface area contributed by atoms with Gasteiger partial charge in [0, 0.05) is 25.0 Å². The van der Waals surface area contributed by atoms with Gasteiger partial charge in [0.25, 0.3) is 5.91 Å². The standard InChI is InChI=1S/C26H24N6O/c1-18-13-19(2)32(30-18)25-12-11-22(15-27-25)26(33)28-14-20-7-9-21(10-8-20)16-31-17-29-23-5-3-4-6-24(23)31/h3-13,15,17H,14,16H2,1-2H3,(H,28,33). The van der Waals surface area contributed by atoms with Gasteiger partial charge in [0.05, 0.1) is 28.6 Å². The lowest BCUT2D eigenvalue weighted by molar-refractivity contribution is 0.0950. The largest absolute Gasteiger partial charge is 0.348 e. The number of nitrogens with one attached hydrogen (secondary N) is 1. The van der Waals surface area contributed by atoms with E-state index in [4.69, 9.17) is 0 Å². The van der Waals surface area contributed by atoms with Crippen LogP contribution < -0.4 is 5.32 Å². The zero-order chi connectivity index (χ0) is 22.8. The minimum atomic E-state index is -0.156. The van der Waals surface area contributed by atoms with E-state index in [1.807, 2.05) is 62.6 Å². The summed E-state index contributed by atoms with van der Waals surface area (Å²) >= 11 is 0. The molecule has 0 bridgehead atoms. The molecule has 1 N–H and O–H groups in total. The van der Waals surface area contributed by atoms with Crippen molar-refractivity contribution < 1.29 is 4.79 Å². The number of para-hydroxylation sites is 2. The Kier molecular flexibility index (Phi) is 5.44. The Morgan fingerprint density at radius 3 is 2.45 bits per heavy atom. The normalized spacial score (nSPS) is 11.1. The van der Waals surface area contributed by atoms with Gasteiger partial charge in [-0.15, -0.1) is 0 Å². The third-order valence-electron chi connectivity index (χ3n) is 5.59. The molecule has 0 saturated carbocycles. The predicted octanol–water partition coefficient (Wildman–Crippen LogP) is 4.21. The first-order chi connectivity index (χ1) is 16.1. The van der Waals surface area contributed by atoms with Crippen LogP contribution in [0.1, 0.15) is 32.9 Å². The molecule has 7 nitrogen and oxygen atoms in total. The molecule has 164 valence electrons. The molecule has 0 fully saturated rings. The number of hydrogen-bond donors (Lipinski definition) is 1. The molecule has 0 saturated heterocycles. The maximum atomic E-state index is 12.6. The Morgan fingerprint density at radius 2 is 1.73 bits per heavy atom. The Labute approximate surface area is 191 Å². The van der Waals surface area contributed by atoms with Crippen LogP contribution in [0, 0.1) is 13.8 Å². The number of amides is 1. The Balaban J connectivity index is 1.20. The topological polar surface area (TPSA) is 77.6 Å².